The number of piperazine rings is 1. The van der Waals surface area contributed by atoms with E-state index < -0.39 is 0 Å². The molecule has 1 atom stereocenters. The molecule has 3 heterocycles. The van der Waals surface area contributed by atoms with E-state index in [1.54, 1.807) is 0 Å². The van der Waals surface area contributed by atoms with E-state index in [9.17, 15) is 0 Å². The molecule has 2 aliphatic heterocycles. The van der Waals surface area contributed by atoms with Gasteiger partial charge in [-0.15, -0.1) is 0 Å². The van der Waals surface area contributed by atoms with E-state index in [-0.39, 0.29) is 0 Å². The van der Waals surface area contributed by atoms with Gasteiger partial charge in [0.15, 0.2) is 0 Å². The Morgan fingerprint density at radius 3 is 2.67 bits per heavy atom. The Bertz CT molecular complexity index is 390. The first-order valence-electron chi connectivity index (χ1n) is 6.91. The van der Waals surface area contributed by atoms with Crippen LogP contribution in [0.5, 0.6) is 0 Å². The zero-order valence-electron chi connectivity index (χ0n) is 11.3. The molecule has 18 heavy (non-hydrogen) atoms. The van der Waals surface area contributed by atoms with Crippen LogP contribution in [0.4, 0.5) is 0 Å². The summed E-state index contributed by atoms with van der Waals surface area (Å²) in [5.74, 6) is 0. The lowest BCUT2D eigenvalue weighted by molar-refractivity contribution is 0.00346. The summed E-state index contributed by atoms with van der Waals surface area (Å²) in [6, 6.07) is 1.27. The van der Waals surface area contributed by atoms with Gasteiger partial charge in [0.25, 0.3) is 0 Å². The maximum Gasteiger partial charge on any atom is 0.0537 e. The highest BCUT2D eigenvalue weighted by molar-refractivity contribution is 5.11. The summed E-state index contributed by atoms with van der Waals surface area (Å²) in [6.07, 6.45) is 4.12. The lowest BCUT2D eigenvalue weighted by Gasteiger charge is -2.49. The monoisotopic (exact) mass is 249 g/mol. The van der Waals surface area contributed by atoms with Crippen molar-refractivity contribution in [1.82, 2.24) is 24.9 Å². The summed E-state index contributed by atoms with van der Waals surface area (Å²) in [7, 11) is 1.98. The number of rotatable bonds is 3. The summed E-state index contributed by atoms with van der Waals surface area (Å²) in [5, 5.41) is 7.67. The molecular formula is C13H23N5. The molecule has 0 saturated carbocycles. The average molecular weight is 249 g/mol. The van der Waals surface area contributed by atoms with E-state index in [1.807, 2.05) is 17.9 Å². The van der Waals surface area contributed by atoms with Crippen LogP contribution in [0.25, 0.3) is 0 Å². The lowest BCUT2D eigenvalue weighted by Crippen LogP contribution is -2.62. The molecule has 2 aliphatic rings. The normalized spacial score (nSPS) is 25.0. The van der Waals surface area contributed by atoms with Crippen LogP contribution in [0.15, 0.2) is 12.4 Å². The van der Waals surface area contributed by atoms with Crippen molar-refractivity contribution in [2.45, 2.75) is 19.0 Å². The summed E-state index contributed by atoms with van der Waals surface area (Å²) < 4.78 is 1.89. The molecule has 5 heteroatoms. The second-order valence-corrected chi connectivity index (χ2v) is 5.52. The van der Waals surface area contributed by atoms with E-state index >= 15 is 0 Å². The SMILES string of the molecule is CC(c1cnn(C)c1)N1CC(N2CCNCC2)C1. The number of hydrogen-bond donors (Lipinski definition) is 1. The molecule has 1 unspecified atom stereocenters. The minimum Gasteiger partial charge on any atom is -0.314 e. The van der Waals surface area contributed by atoms with Crippen molar-refractivity contribution in [1.29, 1.82) is 0 Å². The molecule has 0 bridgehead atoms. The van der Waals surface area contributed by atoms with Gasteiger partial charge in [-0.3, -0.25) is 14.5 Å². The van der Waals surface area contributed by atoms with Crippen molar-refractivity contribution < 1.29 is 0 Å². The van der Waals surface area contributed by atoms with Crippen LogP contribution >= 0.6 is 0 Å². The summed E-state index contributed by atoms with van der Waals surface area (Å²) in [4.78, 5) is 5.17. The zero-order valence-corrected chi connectivity index (χ0v) is 11.3. The summed E-state index contributed by atoms with van der Waals surface area (Å²) >= 11 is 0. The van der Waals surface area contributed by atoms with Crippen LogP contribution in [0, 0.1) is 0 Å². The first-order valence-corrected chi connectivity index (χ1v) is 6.91. The molecule has 0 amide bonds. The molecule has 100 valence electrons. The largest absolute Gasteiger partial charge is 0.314 e. The van der Waals surface area contributed by atoms with Crippen LogP contribution in [0.1, 0.15) is 18.5 Å². The third-order valence-corrected chi connectivity index (χ3v) is 4.31. The van der Waals surface area contributed by atoms with Gasteiger partial charge in [0.05, 0.1) is 6.20 Å². The lowest BCUT2D eigenvalue weighted by atomic mass is 10.0. The fraction of sp³-hybridized carbons (Fsp3) is 0.769. The van der Waals surface area contributed by atoms with Crippen molar-refractivity contribution in [3.8, 4) is 0 Å². The molecule has 2 saturated heterocycles. The highest BCUT2D eigenvalue weighted by atomic mass is 15.3. The van der Waals surface area contributed by atoms with Gasteiger partial charge in [-0.1, -0.05) is 0 Å². The minimum absolute atomic E-state index is 0.498. The van der Waals surface area contributed by atoms with Crippen LogP contribution in [-0.4, -0.2) is 64.9 Å². The predicted octanol–water partition coefficient (Wildman–Crippen LogP) is 0.0705. The summed E-state index contributed by atoms with van der Waals surface area (Å²) in [6.45, 7) is 9.40. The molecule has 2 fully saturated rings. The summed E-state index contributed by atoms with van der Waals surface area (Å²) in [5.41, 5.74) is 1.33. The molecule has 0 aromatic carbocycles. The van der Waals surface area contributed by atoms with Crippen molar-refractivity contribution in [2.24, 2.45) is 7.05 Å². The van der Waals surface area contributed by atoms with Gasteiger partial charge >= 0.3 is 0 Å². The maximum absolute atomic E-state index is 4.26. The predicted molar refractivity (Wildman–Crippen MR) is 71.4 cm³/mol. The first-order chi connectivity index (χ1) is 8.74. The van der Waals surface area contributed by atoms with E-state index in [0.717, 1.165) is 19.1 Å². The second-order valence-electron chi connectivity index (χ2n) is 5.52. The third kappa shape index (κ3) is 2.30. The van der Waals surface area contributed by atoms with Gasteiger partial charge in [0.1, 0.15) is 0 Å². The number of aryl methyl sites for hydroxylation is 1. The highest BCUT2D eigenvalue weighted by Gasteiger charge is 2.35. The molecule has 0 aliphatic carbocycles. The number of likely N-dealkylation sites (tertiary alicyclic amines) is 1. The Balaban J connectivity index is 1.52. The number of aromatic nitrogens is 2. The fourth-order valence-corrected chi connectivity index (χ4v) is 2.95. The number of nitrogens with one attached hydrogen (secondary N) is 1. The molecule has 1 N–H and O–H groups in total. The van der Waals surface area contributed by atoms with Gasteiger partial charge in [0, 0.05) is 70.2 Å². The van der Waals surface area contributed by atoms with Crippen molar-refractivity contribution in [3.05, 3.63) is 18.0 Å². The van der Waals surface area contributed by atoms with E-state index in [4.69, 9.17) is 0 Å². The van der Waals surface area contributed by atoms with Crippen LogP contribution in [0.3, 0.4) is 0 Å². The average Bonchev–Trinajstić information content (AvgIpc) is 2.75. The highest BCUT2D eigenvalue weighted by Crippen LogP contribution is 2.27. The molecule has 5 nitrogen and oxygen atoms in total. The van der Waals surface area contributed by atoms with Gasteiger partial charge in [-0.05, 0) is 6.92 Å². The Labute approximate surface area is 109 Å². The number of hydrogen-bond acceptors (Lipinski definition) is 4. The fourth-order valence-electron chi connectivity index (χ4n) is 2.95. The Morgan fingerprint density at radius 2 is 2.06 bits per heavy atom. The van der Waals surface area contributed by atoms with Gasteiger partial charge < -0.3 is 5.32 Å². The smallest absolute Gasteiger partial charge is 0.0537 e. The number of nitrogens with zero attached hydrogens (tertiary/aromatic N) is 4. The van der Waals surface area contributed by atoms with E-state index in [1.165, 1.54) is 31.7 Å². The topological polar surface area (TPSA) is 36.3 Å². The molecule has 1 aromatic heterocycles. The first kappa shape index (κ1) is 12.1. The second kappa shape index (κ2) is 4.99. The van der Waals surface area contributed by atoms with Gasteiger partial charge in [-0.2, -0.15) is 5.10 Å². The maximum atomic E-state index is 4.26. The van der Waals surface area contributed by atoms with Gasteiger partial charge in [-0.25, -0.2) is 0 Å². The minimum atomic E-state index is 0.498. The Hall–Kier alpha value is -0.910. The molecule has 3 rings (SSSR count). The van der Waals surface area contributed by atoms with Gasteiger partial charge in [0.2, 0.25) is 0 Å². The molecule has 1 aromatic rings. The molecular weight excluding hydrogens is 226 g/mol. The van der Waals surface area contributed by atoms with Crippen LogP contribution in [0.2, 0.25) is 0 Å². The van der Waals surface area contributed by atoms with Crippen LogP contribution < -0.4 is 5.32 Å². The van der Waals surface area contributed by atoms with E-state index in [0.29, 0.717) is 6.04 Å². The quantitative estimate of drug-likeness (QED) is 0.822. The standard InChI is InChI=1S/C13H23N5/c1-11(12-7-15-16(2)8-12)18-9-13(10-18)17-5-3-14-4-6-17/h7-8,11,13-14H,3-6,9-10H2,1-2H3. The van der Waals surface area contributed by atoms with Crippen molar-refractivity contribution in [2.75, 3.05) is 39.3 Å². The Morgan fingerprint density at radius 1 is 1.33 bits per heavy atom. The van der Waals surface area contributed by atoms with E-state index in [2.05, 4.69) is 33.3 Å². The molecule has 0 spiro atoms. The van der Waals surface area contributed by atoms with Crippen LogP contribution in [-0.2, 0) is 7.05 Å². The zero-order chi connectivity index (χ0) is 12.5. The Kier molecular flexibility index (Phi) is 3.37. The third-order valence-electron chi connectivity index (χ3n) is 4.31. The van der Waals surface area contributed by atoms with Crippen molar-refractivity contribution >= 4 is 0 Å². The van der Waals surface area contributed by atoms with Crippen molar-refractivity contribution in [3.63, 3.8) is 0 Å². The molecule has 0 radical (unpaired) electrons.